The number of likely N-dealkylation sites (N-methyl/N-ethyl adjacent to an activating group) is 1. The van der Waals surface area contributed by atoms with Gasteiger partial charge < -0.3 is 53.7 Å². The quantitative estimate of drug-likeness (QED) is 0.0558. The normalized spacial score (nSPS) is 36.5. The number of ether oxygens (including phenoxy) is 6. The zero-order chi connectivity index (χ0) is 58.9. The minimum atomic E-state index is -2.44. The van der Waals surface area contributed by atoms with Crippen LogP contribution < -0.4 is 15.9 Å². The molecule has 80 heavy (non-hydrogen) atoms. The van der Waals surface area contributed by atoms with Crippen LogP contribution in [0.2, 0.25) is 0 Å². The van der Waals surface area contributed by atoms with Crippen LogP contribution >= 0.6 is 7.26 Å². The topological polar surface area (TPSA) is 215 Å². The Morgan fingerprint density at radius 3 is 2.04 bits per heavy atom. The number of hydrogen-bond acceptors (Lipinski definition) is 15. The molecule has 4 heterocycles. The summed E-state index contributed by atoms with van der Waals surface area (Å²) in [5.41, 5.74) is -4.66. The molecule has 18 atom stereocenters. The number of amides is 1. The zero-order valence-corrected chi connectivity index (χ0v) is 51.6. The van der Waals surface area contributed by atoms with Gasteiger partial charge in [-0.1, -0.05) is 13.8 Å². The van der Waals surface area contributed by atoms with Crippen LogP contribution in [0, 0.1) is 17.8 Å². The zero-order valence-electron chi connectivity index (χ0n) is 50.6. The molecule has 0 spiro atoms. The van der Waals surface area contributed by atoms with Gasteiger partial charge in [0.2, 0.25) is 0 Å². The number of aliphatic hydroxyl groups is 5. The monoisotopic (exact) mass is 1140 g/mol. The first kappa shape index (κ1) is 65.7. The van der Waals surface area contributed by atoms with Gasteiger partial charge >= 0.3 is 235 Å². The smallest absolute Gasteiger partial charge is 0.383 e. The third-order valence-electron chi connectivity index (χ3n) is 18.2. The average Bonchev–Trinajstić information content (AvgIpc) is 3.94. The summed E-state index contributed by atoms with van der Waals surface area (Å²) in [5.74, 6) is -3.18. The predicted octanol–water partition coefficient (Wildman–Crippen LogP) is 5.64. The number of hydrogen-bond donors (Lipinski definition) is 5. The second-order valence-electron chi connectivity index (χ2n) is 25.0. The van der Waals surface area contributed by atoms with E-state index in [0.717, 1.165) is 31.8 Å². The van der Waals surface area contributed by atoms with Gasteiger partial charge in [-0.05, 0) is 68.5 Å². The van der Waals surface area contributed by atoms with Crippen molar-refractivity contribution in [3.8, 4) is 0 Å². The molecule has 17 nitrogen and oxygen atoms in total. The minimum absolute atomic E-state index is 0.0324. The van der Waals surface area contributed by atoms with E-state index in [2.05, 4.69) is 72.0 Å². The maximum atomic E-state index is 14.7. The van der Waals surface area contributed by atoms with E-state index in [1.54, 1.807) is 39.5 Å². The van der Waals surface area contributed by atoms with Crippen molar-refractivity contribution in [2.45, 2.75) is 224 Å². The number of unbranched alkanes of at least 4 members (excludes halogenated alkanes) is 4. The molecule has 3 aliphatic rings. The number of nitrogens with zero attached hydrogens (tertiary/aromatic N) is 4. The molecular formula is C62H101N4O13P. The number of cyclic esters (lactones) is 1. The number of aliphatic hydroxyl groups excluding tert-OH is 3. The Bertz CT molecular complexity index is 2340. The number of methoxy groups -OCH3 is 1. The average molecular weight is 1140 g/mol. The Morgan fingerprint density at radius 2 is 1.46 bits per heavy atom. The molecule has 3 fully saturated rings. The van der Waals surface area contributed by atoms with Crippen molar-refractivity contribution in [1.82, 2.24) is 19.6 Å². The molecule has 0 unspecified atom stereocenters. The SMILES string of the molecule is CC[C@H]1OC(=O)[C@H](C)[C@@H](OC[C@H]2C[C@@](C)(OC)[C@@H](O)[C@H](C)O2)[C@H](C)[C@@H](O[C@@H]2O[C@H](C)C[C@H](N(C)C)[C@H]2O)[C@](C)(O)C[C@@H](C)CN(C(=O)CCCCCCC[PH](c2ccccc2)(c2ccccc2)c2cnn(C)c2)[C@H](C)[C@@H](O)[C@]1(C)O. The van der Waals surface area contributed by atoms with E-state index in [0.29, 0.717) is 12.8 Å². The summed E-state index contributed by atoms with van der Waals surface area (Å²) in [7, 11) is 4.83. The molecule has 1 aromatic heterocycles. The third-order valence-corrected chi connectivity index (χ3v) is 23.2. The fraction of sp³-hybridized carbons (Fsp3) is 0.726. The molecule has 0 aliphatic carbocycles. The number of carbonyl (C=O) groups is 2. The summed E-state index contributed by atoms with van der Waals surface area (Å²) in [5, 5.41) is 69.1. The van der Waals surface area contributed by atoms with Gasteiger partial charge in [-0.15, -0.1) is 0 Å². The predicted molar refractivity (Wildman–Crippen MR) is 314 cm³/mol. The molecule has 5 N–H and O–H groups in total. The molecule has 18 heteroatoms. The molecule has 452 valence electrons. The summed E-state index contributed by atoms with van der Waals surface area (Å²) in [4.78, 5) is 33.0. The first-order valence-corrected chi connectivity index (χ1v) is 31.8. The van der Waals surface area contributed by atoms with Gasteiger partial charge in [-0.25, -0.2) is 0 Å². The number of aryl methyl sites for hydroxylation is 1. The molecule has 2 aromatic carbocycles. The van der Waals surface area contributed by atoms with Crippen molar-refractivity contribution in [3.05, 3.63) is 73.1 Å². The van der Waals surface area contributed by atoms with E-state index in [1.165, 1.54) is 29.9 Å². The minimum Gasteiger partial charge on any atom is -0.383 e. The molecule has 1 amide bonds. The van der Waals surface area contributed by atoms with E-state index >= 15 is 0 Å². The van der Waals surface area contributed by atoms with Crippen LogP contribution in [0.3, 0.4) is 0 Å². The fourth-order valence-electron chi connectivity index (χ4n) is 13.5. The van der Waals surface area contributed by atoms with Crippen molar-refractivity contribution in [2.75, 3.05) is 40.5 Å². The van der Waals surface area contributed by atoms with Gasteiger partial charge in [0, 0.05) is 25.5 Å². The number of esters is 1. The maximum absolute atomic E-state index is 14.7. The molecule has 0 radical (unpaired) electrons. The van der Waals surface area contributed by atoms with E-state index in [-0.39, 0.29) is 56.9 Å². The first-order valence-electron chi connectivity index (χ1n) is 29.6. The Balaban J connectivity index is 1.25. The summed E-state index contributed by atoms with van der Waals surface area (Å²) in [6.07, 6.45) is 1.16. The van der Waals surface area contributed by atoms with Gasteiger partial charge in [0.25, 0.3) is 0 Å². The molecule has 3 aliphatic heterocycles. The van der Waals surface area contributed by atoms with E-state index < -0.39 is 109 Å². The molecule has 6 rings (SSSR count). The number of rotatable bonds is 19. The third kappa shape index (κ3) is 15.3. The first-order chi connectivity index (χ1) is 37.7. The Labute approximate surface area is 478 Å². The Hall–Kier alpha value is -3.42. The van der Waals surface area contributed by atoms with Gasteiger partial charge in [-0.2, -0.15) is 0 Å². The van der Waals surface area contributed by atoms with Crippen LogP contribution in [0.25, 0.3) is 0 Å². The van der Waals surface area contributed by atoms with Crippen LogP contribution in [0.15, 0.2) is 73.1 Å². The number of benzene rings is 2. The van der Waals surface area contributed by atoms with E-state index in [9.17, 15) is 35.1 Å². The van der Waals surface area contributed by atoms with E-state index in [1.807, 2.05) is 64.6 Å². The molecule has 0 bridgehead atoms. The number of carbonyl (C=O) groups excluding carboxylic acids is 2. The van der Waals surface area contributed by atoms with Gasteiger partial charge in [0.1, 0.15) is 18.3 Å². The molecule has 3 saturated heterocycles. The van der Waals surface area contributed by atoms with Crippen molar-refractivity contribution >= 4 is 35.1 Å². The van der Waals surface area contributed by atoms with Crippen LogP contribution in [-0.4, -0.2) is 188 Å². The molecular weight excluding hydrogens is 1040 g/mol. The molecule has 3 aromatic rings. The number of aromatic nitrogens is 2. The van der Waals surface area contributed by atoms with E-state index in [4.69, 9.17) is 28.4 Å². The van der Waals surface area contributed by atoms with Crippen LogP contribution in [0.1, 0.15) is 133 Å². The fourth-order valence-corrected chi connectivity index (χ4v) is 18.4. The van der Waals surface area contributed by atoms with Gasteiger partial charge in [-0.3, -0.25) is 4.79 Å². The summed E-state index contributed by atoms with van der Waals surface area (Å²) >= 11 is 0. The van der Waals surface area contributed by atoms with Crippen LogP contribution in [0.5, 0.6) is 0 Å². The van der Waals surface area contributed by atoms with Crippen molar-refractivity contribution in [3.63, 3.8) is 0 Å². The van der Waals surface area contributed by atoms with Gasteiger partial charge in [0.05, 0.1) is 54.2 Å². The van der Waals surface area contributed by atoms with Crippen LogP contribution in [0.4, 0.5) is 0 Å². The second kappa shape index (κ2) is 28.4. The molecule has 0 saturated carbocycles. The standard InChI is InChI=1S/C62H101N4O13P/c1-15-51-62(10,73)55(69)44(6)66(52(67)31-25-17-16-18-26-32-80(47-27-21-19-22-28-47,48-29-23-20-24-30-48)49-36-63-65(13)38-49)37-40(2)34-60(8,72)57(79-59-53(68)50(64(11)12)33-41(3)76-59)42(4)54(43(5)58(71)78-51)75-39-46-35-61(9,74-14)56(70)45(7)77-46/h19-24,27-30,36,38,40-46,50-51,53-57,59,68-70,72-73,80H,15-18,25-26,31-35,37,39H2,1-14H3/t40-,41-,42+,43-,44-,45+,46-,50+,51-,53-,54+,55-,56+,57-,59+,60-,61-,62-/m1/s1. The van der Waals surface area contributed by atoms with Crippen LogP contribution in [-0.2, 0) is 45.1 Å². The Morgan fingerprint density at radius 1 is 0.850 bits per heavy atom. The summed E-state index contributed by atoms with van der Waals surface area (Å²) < 4.78 is 40.1. The van der Waals surface area contributed by atoms with Crippen molar-refractivity contribution in [2.24, 2.45) is 24.8 Å². The summed E-state index contributed by atoms with van der Waals surface area (Å²) in [6.45, 7) is 17.6. The Kier molecular flexibility index (Phi) is 23.4. The summed E-state index contributed by atoms with van der Waals surface area (Å²) in [6, 6.07) is 20.4. The van der Waals surface area contributed by atoms with Crippen molar-refractivity contribution in [1.29, 1.82) is 0 Å². The van der Waals surface area contributed by atoms with Crippen molar-refractivity contribution < 1.29 is 63.5 Å². The second-order valence-corrected chi connectivity index (χ2v) is 29.0. The van der Waals surface area contributed by atoms with Gasteiger partial charge in [0.15, 0.2) is 6.29 Å².